The number of aromatic hydroxyl groups is 1. The van der Waals surface area contributed by atoms with Crippen molar-refractivity contribution < 1.29 is 5.11 Å². The molecule has 3 N–H and O–H groups in total. The van der Waals surface area contributed by atoms with Gasteiger partial charge in [0.25, 0.3) is 0 Å². The standard InChI is InChI=1S/C18H21N3O/c1-20-15-5-3-2-4-14(15)17-10-12(19)8-9-21(17)18-11-13(22)6-7-16(18)20/h2-7,11-12,17,22H,8-10,19H2,1H3. The third-order valence-corrected chi connectivity index (χ3v) is 4.93. The van der Waals surface area contributed by atoms with E-state index < -0.39 is 0 Å². The Labute approximate surface area is 130 Å². The van der Waals surface area contributed by atoms with E-state index in [4.69, 9.17) is 5.73 Å². The minimum absolute atomic E-state index is 0.235. The summed E-state index contributed by atoms with van der Waals surface area (Å²) >= 11 is 0. The molecule has 0 radical (unpaired) electrons. The van der Waals surface area contributed by atoms with Crippen LogP contribution in [0.25, 0.3) is 0 Å². The molecule has 2 atom stereocenters. The van der Waals surface area contributed by atoms with Gasteiger partial charge in [0, 0.05) is 31.4 Å². The first-order chi connectivity index (χ1) is 10.6. The summed E-state index contributed by atoms with van der Waals surface area (Å²) in [6.45, 7) is 0.921. The third-order valence-electron chi connectivity index (χ3n) is 4.93. The molecule has 0 spiro atoms. The number of hydrogen-bond donors (Lipinski definition) is 2. The molecule has 2 unspecified atom stereocenters. The van der Waals surface area contributed by atoms with E-state index in [9.17, 15) is 5.11 Å². The highest BCUT2D eigenvalue weighted by Gasteiger charge is 2.34. The maximum Gasteiger partial charge on any atom is 0.117 e. The number of anilines is 3. The van der Waals surface area contributed by atoms with Crippen LogP contribution in [-0.2, 0) is 0 Å². The van der Waals surface area contributed by atoms with Crippen molar-refractivity contribution in [2.75, 3.05) is 23.4 Å². The van der Waals surface area contributed by atoms with Crippen molar-refractivity contribution >= 4 is 17.1 Å². The third kappa shape index (κ3) is 1.95. The number of hydrogen-bond acceptors (Lipinski definition) is 4. The van der Waals surface area contributed by atoms with Crippen molar-refractivity contribution in [2.24, 2.45) is 5.73 Å². The Morgan fingerprint density at radius 2 is 1.91 bits per heavy atom. The molecule has 4 heteroatoms. The Hall–Kier alpha value is -2.20. The van der Waals surface area contributed by atoms with Gasteiger partial charge in [0.05, 0.1) is 17.4 Å². The monoisotopic (exact) mass is 295 g/mol. The van der Waals surface area contributed by atoms with Gasteiger partial charge in [-0.3, -0.25) is 0 Å². The summed E-state index contributed by atoms with van der Waals surface area (Å²) in [5, 5.41) is 9.96. The Balaban J connectivity index is 1.96. The molecule has 22 heavy (non-hydrogen) atoms. The van der Waals surface area contributed by atoms with Crippen molar-refractivity contribution in [1.29, 1.82) is 0 Å². The largest absolute Gasteiger partial charge is 0.508 e. The number of fused-ring (bicyclic) bond motifs is 5. The molecule has 2 aliphatic rings. The Morgan fingerprint density at radius 3 is 2.77 bits per heavy atom. The molecular weight excluding hydrogens is 274 g/mol. The van der Waals surface area contributed by atoms with Gasteiger partial charge in [-0.15, -0.1) is 0 Å². The molecule has 114 valence electrons. The lowest BCUT2D eigenvalue weighted by Gasteiger charge is -2.39. The summed E-state index contributed by atoms with van der Waals surface area (Å²) in [5.41, 5.74) is 11.0. The van der Waals surface area contributed by atoms with Crippen LogP contribution in [0.5, 0.6) is 5.75 Å². The van der Waals surface area contributed by atoms with Crippen molar-refractivity contribution in [3.63, 3.8) is 0 Å². The van der Waals surface area contributed by atoms with Gasteiger partial charge >= 0.3 is 0 Å². The SMILES string of the molecule is CN1c2ccccc2C2CC(N)CCN2c2cc(O)ccc21. The Morgan fingerprint density at radius 1 is 1.09 bits per heavy atom. The van der Waals surface area contributed by atoms with Crippen LogP contribution in [0.3, 0.4) is 0 Å². The minimum Gasteiger partial charge on any atom is -0.508 e. The molecule has 2 aromatic rings. The Kier molecular flexibility index (Phi) is 3.01. The van der Waals surface area contributed by atoms with Gasteiger partial charge in [-0.25, -0.2) is 0 Å². The van der Waals surface area contributed by atoms with Crippen molar-refractivity contribution in [3.05, 3.63) is 48.0 Å². The number of nitrogens with zero attached hydrogens (tertiary/aromatic N) is 2. The maximum absolute atomic E-state index is 9.96. The summed E-state index contributed by atoms with van der Waals surface area (Å²) < 4.78 is 0. The topological polar surface area (TPSA) is 52.7 Å². The number of para-hydroxylation sites is 1. The number of rotatable bonds is 0. The second kappa shape index (κ2) is 4.92. The van der Waals surface area contributed by atoms with Crippen LogP contribution in [-0.4, -0.2) is 24.7 Å². The molecule has 2 aliphatic heterocycles. The minimum atomic E-state index is 0.235. The smallest absolute Gasteiger partial charge is 0.117 e. The second-order valence-corrected chi connectivity index (χ2v) is 6.28. The molecule has 0 bridgehead atoms. The lowest BCUT2D eigenvalue weighted by Crippen LogP contribution is -2.41. The van der Waals surface area contributed by atoms with E-state index in [0.717, 1.165) is 30.8 Å². The number of benzene rings is 2. The highest BCUT2D eigenvalue weighted by molar-refractivity contribution is 5.82. The van der Waals surface area contributed by atoms with Gasteiger partial charge in [0.2, 0.25) is 0 Å². The molecule has 0 saturated carbocycles. The summed E-state index contributed by atoms with van der Waals surface area (Å²) in [5.74, 6) is 0.312. The Bertz CT molecular complexity index is 715. The van der Waals surface area contributed by atoms with Crippen LogP contribution in [0.2, 0.25) is 0 Å². The highest BCUT2D eigenvalue weighted by Crippen LogP contribution is 2.48. The van der Waals surface area contributed by atoms with Crippen LogP contribution in [0, 0.1) is 0 Å². The van der Waals surface area contributed by atoms with Gasteiger partial charge in [-0.2, -0.15) is 0 Å². The molecular formula is C18H21N3O. The zero-order valence-electron chi connectivity index (χ0n) is 12.7. The molecule has 2 aromatic carbocycles. The fourth-order valence-corrected chi connectivity index (χ4v) is 3.81. The van der Waals surface area contributed by atoms with Crippen molar-refractivity contribution in [1.82, 2.24) is 0 Å². The predicted molar refractivity (Wildman–Crippen MR) is 89.9 cm³/mol. The maximum atomic E-state index is 9.96. The molecule has 4 nitrogen and oxygen atoms in total. The zero-order valence-corrected chi connectivity index (χ0v) is 12.7. The summed E-state index contributed by atoms with van der Waals surface area (Å²) in [4.78, 5) is 4.62. The van der Waals surface area contributed by atoms with E-state index in [0.29, 0.717) is 5.75 Å². The lowest BCUT2D eigenvalue weighted by molar-refractivity contribution is 0.420. The summed E-state index contributed by atoms with van der Waals surface area (Å²) in [6.07, 6.45) is 1.93. The predicted octanol–water partition coefficient (Wildman–Crippen LogP) is 3.14. The number of phenols is 1. The fourth-order valence-electron chi connectivity index (χ4n) is 3.81. The highest BCUT2D eigenvalue weighted by atomic mass is 16.3. The molecule has 4 rings (SSSR count). The molecule has 0 aliphatic carbocycles. The fraction of sp³-hybridized carbons (Fsp3) is 0.333. The first kappa shape index (κ1) is 13.5. The average Bonchev–Trinajstić information content (AvgIpc) is 2.62. The average molecular weight is 295 g/mol. The summed E-state index contributed by atoms with van der Waals surface area (Å²) in [7, 11) is 2.09. The van der Waals surface area contributed by atoms with E-state index in [1.165, 1.54) is 11.3 Å². The summed E-state index contributed by atoms with van der Waals surface area (Å²) in [6, 6.07) is 14.7. The van der Waals surface area contributed by atoms with E-state index in [2.05, 4.69) is 41.1 Å². The first-order valence-corrected chi connectivity index (χ1v) is 7.83. The quantitative estimate of drug-likeness (QED) is 0.784. The van der Waals surface area contributed by atoms with E-state index in [-0.39, 0.29) is 12.1 Å². The van der Waals surface area contributed by atoms with Crippen LogP contribution >= 0.6 is 0 Å². The van der Waals surface area contributed by atoms with Gasteiger partial charge < -0.3 is 20.6 Å². The van der Waals surface area contributed by atoms with Crippen molar-refractivity contribution in [2.45, 2.75) is 24.9 Å². The van der Waals surface area contributed by atoms with Gasteiger partial charge in [-0.05, 0) is 36.6 Å². The van der Waals surface area contributed by atoms with E-state index >= 15 is 0 Å². The second-order valence-electron chi connectivity index (χ2n) is 6.28. The van der Waals surface area contributed by atoms with Crippen LogP contribution < -0.4 is 15.5 Å². The molecule has 2 heterocycles. The number of nitrogens with two attached hydrogens (primary N) is 1. The molecule has 1 fully saturated rings. The van der Waals surface area contributed by atoms with Crippen LogP contribution in [0.15, 0.2) is 42.5 Å². The number of phenolic OH excluding ortho intramolecular Hbond substituents is 1. The lowest BCUT2D eigenvalue weighted by atomic mass is 9.91. The number of piperidine rings is 1. The van der Waals surface area contributed by atoms with Gasteiger partial charge in [0.1, 0.15) is 5.75 Å². The molecule has 0 amide bonds. The zero-order chi connectivity index (χ0) is 15.3. The first-order valence-electron chi connectivity index (χ1n) is 7.83. The molecule has 0 aromatic heterocycles. The van der Waals surface area contributed by atoms with E-state index in [1.54, 1.807) is 6.07 Å². The van der Waals surface area contributed by atoms with Gasteiger partial charge in [0.15, 0.2) is 0 Å². The van der Waals surface area contributed by atoms with Crippen LogP contribution in [0.1, 0.15) is 24.4 Å². The van der Waals surface area contributed by atoms with Crippen LogP contribution in [0.4, 0.5) is 17.1 Å². The van der Waals surface area contributed by atoms with Gasteiger partial charge in [-0.1, -0.05) is 18.2 Å². The van der Waals surface area contributed by atoms with Crippen molar-refractivity contribution in [3.8, 4) is 5.75 Å². The molecule has 1 saturated heterocycles. The normalized spacial score (nSPS) is 23.4. The van der Waals surface area contributed by atoms with E-state index in [1.807, 2.05) is 12.1 Å².